The molecule has 1 aromatic rings. The summed E-state index contributed by atoms with van der Waals surface area (Å²) in [6.45, 7) is 12.4. The maximum atomic E-state index is 11.8. The van der Waals surface area contributed by atoms with Gasteiger partial charge in [0.1, 0.15) is 0 Å². The Morgan fingerprint density at radius 2 is 1.75 bits per heavy atom. The van der Waals surface area contributed by atoms with E-state index >= 15 is 0 Å². The van der Waals surface area contributed by atoms with Crippen LogP contribution < -0.4 is 4.90 Å². The number of carbonyl (C=O) groups is 1. The van der Waals surface area contributed by atoms with E-state index < -0.39 is 0 Å². The number of piperazine rings is 1. The summed E-state index contributed by atoms with van der Waals surface area (Å²) in [5.41, 5.74) is 2.09. The summed E-state index contributed by atoms with van der Waals surface area (Å²) in [5.74, 6) is 0.130. The molecule has 4 heteroatoms. The lowest BCUT2D eigenvalue weighted by atomic mass is 10.0. The molecule has 110 valence electrons. The fraction of sp³-hybridized carbons (Fsp3) is 0.562. The van der Waals surface area contributed by atoms with Crippen molar-refractivity contribution in [2.45, 2.75) is 33.2 Å². The van der Waals surface area contributed by atoms with Crippen molar-refractivity contribution in [3.05, 3.63) is 28.2 Å². The van der Waals surface area contributed by atoms with Crippen LogP contribution in [0.4, 0.5) is 5.69 Å². The van der Waals surface area contributed by atoms with Gasteiger partial charge in [0.05, 0.1) is 0 Å². The fourth-order valence-electron chi connectivity index (χ4n) is 2.68. The predicted octanol–water partition coefficient (Wildman–Crippen LogP) is 3.57. The van der Waals surface area contributed by atoms with Gasteiger partial charge in [0.2, 0.25) is 0 Å². The van der Waals surface area contributed by atoms with Crippen LogP contribution in [-0.4, -0.2) is 42.4 Å². The Kier molecular flexibility index (Phi) is 4.55. The van der Waals surface area contributed by atoms with Crippen molar-refractivity contribution in [2.24, 2.45) is 0 Å². The van der Waals surface area contributed by atoms with E-state index in [1.54, 1.807) is 6.92 Å². The topological polar surface area (TPSA) is 23.6 Å². The zero-order chi connectivity index (χ0) is 14.9. The molecule has 0 aliphatic carbocycles. The van der Waals surface area contributed by atoms with Crippen molar-refractivity contribution in [2.75, 3.05) is 31.1 Å². The number of carbonyl (C=O) groups excluding carboxylic acids is 1. The SMILES string of the molecule is CC(=O)c1ccc(Br)cc1N1CCN(C(C)(C)C)CC1. The van der Waals surface area contributed by atoms with Gasteiger partial charge in [-0.2, -0.15) is 0 Å². The van der Waals surface area contributed by atoms with E-state index in [1.807, 2.05) is 12.1 Å². The average Bonchev–Trinajstić information content (AvgIpc) is 2.37. The van der Waals surface area contributed by atoms with Crippen LogP contribution in [0.3, 0.4) is 0 Å². The van der Waals surface area contributed by atoms with Gasteiger partial charge in [-0.3, -0.25) is 9.69 Å². The molecule has 0 spiro atoms. The van der Waals surface area contributed by atoms with E-state index in [4.69, 9.17) is 0 Å². The molecule has 0 aromatic heterocycles. The first-order valence-electron chi connectivity index (χ1n) is 7.09. The van der Waals surface area contributed by atoms with Crippen LogP contribution in [0.2, 0.25) is 0 Å². The Bertz CT molecular complexity index is 500. The molecule has 0 unspecified atom stereocenters. The van der Waals surface area contributed by atoms with Gasteiger partial charge in [0, 0.05) is 47.4 Å². The minimum Gasteiger partial charge on any atom is -0.368 e. The molecular weight excluding hydrogens is 316 g/mol. The molecule has 0 radical (unpaired) electrons. The van der Waals surface area contributed by atoms with Crippen LogP contribution in [0, 0.1) is 0 Å². The highest BCUT2D eigenvalue weighted by atomic mass is 79.9. The lowest BCUT2D eigenvalue weighted by molar-refractivity contribution is 0.101. The predicted molar refractivity (Wildman–Crippen MR) is 87.7 cm³/mol. The van der Waals surface area contributed by atoms with Gasteiger partial charge in [-0.05, 0) is 45.9 Å². The molecule has 1 saturated heterocycles. The molecular formula is C16H23BrN2O. The zero-order valence-corrected chi connectivity index (χ0v) is 14.3. The highest BCUT2D eigenvalue weighted by Gasteiger charge is 2.27. The second kappa shape index (κ2) is 5.86. The molecule has 1 fully saturated rings. The Labute approximate surface area is 130 Å². The largest absolute Gasteiger partial charge is 0.368 e. The summed E-state index contributed by atoms with van der Waals surface area (Å²) in [5, 5.41) is 0. The van der Waals surface area contributed by atoms with Gasteiger partial charge < -0.3 is 4.90 Å². The number of benzene rings is 1. The molecule has 0 N–H and O–H groups in total. The Balaban J connectivity index is 2.18. The van der Waals surface area contributed by atoms with Crippen LogP contribution in [0.15, 0.2) is 22.7 Å². The van der Waals surface area contributed by atoms with E-state index in [0.717, 1.165) is 41.9 Å². The summed E-state index contributed by atoms with van der Waals surface area (Å²) in [4.78, 5) is 16.6. The van der Waals surface area contributed by atoms with Gasteiger partial charge in [0.15, 0.2) is 5.78 Å². The first-order chi connectivity index (χ1) is 9.29. The third-order valence-corrected chi connectivity index (χ3v) is 4.40. The van der Waals surface area contributed by atoms with Crippen molar-refractivity contribution in [1.82, 2.24) is 4.90 Å². The van der Waals surface area contributed by atoms with Crippen LogP contribution in [0.5, 0.6) is 0 Å². The molecule has 1 aliphatic heterocycles. The number of nitrogens with zero attached hydrogens (tertiary/aromatic N) is 2. The molecule has 1 aliphatic rings. The minimum atomic E-state index is 0.130. The van der Waals surface area contributed by atoms with Gasteiger partial charge in [-0.1, -0.05) is 15.9 Å². The quantitative estimate of drug-likeness (QED) is 0.770. The van der Waals surface area contributed by atoms with Crippen molar-refractivity contribution in [3.8, 4) is 0 Å². The van der Waals surface area contributed by atoms with Crippen LogP contribution in [0.25, 0.3) is 0 Å². The number of hydrogen-bond acceptors (Lipinski definition) is 3. The number of anilines is 1. The first-order valence-corrected chi connectivity index (χ1v) is 7.89. The number of hydrogen-bond donors (Lipinski definition) is 0. The molecule has 1 heterocycles. The Morgan fingerprint density at radius 1 is 1.15 bits per heavy atom. The van der Waals surface area contributed by atoms with Crippen molar-refractivity contribution < 1.29 is 4.79 Å². The van der Waals surface area contributed by atoms with E-state index in [9.17, 15) is 4.79 Å². The fourth-order valence-corrected chi connectivity index (χ4v) is 3.03. The van der Waals surface area contributed by atoms with Crippen molar-refractivity contribution >= 4 is 27.4 Å². The highest BCUT2D eigenvalue weighted by molar-refractivity contribution is 9.10. The second-order valence-electron chi connectivity index (χ2n) is 6.36. The van der Waals surface area contributed by atoms with Crippen LogP contribution in [0.1, 0.15) is 38.1 Å². The van der Waals surface area contributed by atoms with E-state index in [0.29, 0.717) is 0 Å². The molecule has 20 heavy (non-hydrogen) atoms. The standard InChI is InChI=1S/C16H23BrN2O/c1-12(20)14-6-5-13(17)11-15(14)18-7-9-19(10-8-18)16(2,3)4/h5-6,11H,7-10H2,1-4H3. The molecule has 0 amide bonds. The van der Waals surface area contributed by atoms with E-state index in [-0.39, 0.29) is 11.3 Å². The number of rotatable bonds is 2. The summed E-state index contributed by atoms with van der Waals surface area (Å²) >= 11 is 3.51. The van der Waals surface area contributed by atoms with Crippen molar-refractivity contribution in [1.29, 1.82) is 0 Å². The molecule has 1 aromatic carbocycles. The summed E-state index contributed by atoms with van der Waals surface area (Å²) in [7, 11) is 0. The zero-order valence-electron chi connectivity index (χ0n) is 12.7. The normalized spacial score (nSPS) is 17.4. The number of Topliss-reactive ketones (excluding diaryl/α,β-unsaturated/α-hetero) is 1. The third-order valence-electron chi connectivity index (χ3n) is 3.91. The molecule has 0 atom stereocenters. The Morgan fingerprint density at radius 3 is 2.25 bits per heavy atom. The maximum Gasteiger partial charge on any atom is 0.161 e. The maximum absolute atomic E-state index is 11.8. The molecule has 3 nitrogen and oxygen atoms in total. The van der Waals surface area contributed by atoms with Gasteiger partial charge in [-0.25, -0.2) is 0 Å². The summed E-state index contributed by atoms with van der Waals surface area (Å²) in [6, 6.07) is 5.91. The van der Waals surface area contributed by atoms with Crippen molar-refractivity contribution in [3.63, 3.8) is 0 Å². The number of halogens is 1. The monoisotopic (exact) mass is 338 g/mol. The Hall–Kier alpha value is -0.870. The molecule has 2 rings (SSSR count). The van der Waals surface area contributed by atoms with Gasteiger partial charge >= 0.3 is 0 Å². The summed E-state index contributed by atoms with van der Waals surface area (Å²) < 4.78 is 1.02. The molecule has 0 bridgehead atoms. The van der Waals surface area contributed by atoms with E-state index in [1.165, 1.54) is 0 Å². The summed E-state index contributed by atoms with van der Waals surface area (Å²) in [6.07, 6.45) is 0. The first kappa shape index (κ1) is 15.5. The highest BCUT2D eigenvalue weighted by Crippen LogP contribution is 2.27. The molecule has 0 saturated carbocycles. The van der Waals surface area contributed by atoms with Crippen LogP contribution in [-0.2, 0) is 0 Å². The van der Waals surface area contributed by atoms with Gasteiger partial charge in [0.25, 0.3) is 0 Å². The number of ketones is 1. The second-order valence-corrected chi connectivity index (χ2v) is 7.28. The van der Waals surface area contributed by atoms with Crippen LogP contribution >= 0.6 is 15.9 Å². The smallest absolute Gasteiger partial charge is 0.161 e. The van der Waals surface area contributed by atoms with E-state index in [2.05, 4.69) is 52.6 Å². The average molecular weight is 339 g/mol. The van der Waals surface area contributed by atoms with Gasteiger partial charge in [-0.15, -0.1) is 0 Å². The third kappa shape index (κ3) is 3.41. The lowest BCUT2D eigenvalue weighted by Crippen LogP contribution is -2.53. The lowest BCUT2D eigenvalue weighted by Gasteiger charge is -2.43. The minimum absolute atomic E-state index is 0.130.